The minimum Gasteiger partial charge on any atom is -0.347 e. The van der Waals surface area contributed by atoms with E-state index in [1.807, 2.05) is 39.0 Å². The van der Waals surface area contributed by atoms with Crippen LogP contribution in [0, 0.1) is 0 Å². The van der Waals surface area contributed by atoms with Gasteiger partial charge in [0, 0.05) is 19.5 Å². The predicted octanol–water partition coefficient (Wildman–Crippen LogP) is 3.68. The first-order valence-electron chi connectivity index (χ1n) is 7.12. The molecule has 0 aliphatic rings. The van der Waals surface area contributed by atoms with Crippen LogP contribution in [-0.4, -0.2) is 28.1 Å². The minimum atomic E-state index is -0.259. The van der Waals surface area contributed by atoms with Crippen LogP contribution in [0.3, 0.4) is 0 Å². The van der Waals surface area contributed by atoms with E-state index in [1.165, 1.54) is 5.56 Å². The van der Waals surface area contributed by atoms with E-state index in [1.54, 1.807) is 6.92 Å². The molecular formula is C17H26N2O. The molecule has 0 unspecified atom stereocenters. The number of rotatable bonds is 4. The van der Waals surface area contributed by atoms with Crippen LogP contribution in [0.25, 0.3) is 0 Å². The smallest absolute Gasteiger partial charge is 0.194 e. The van der Waals surface area contributed by atoms with Gasteiger partial charge in [-0.15, -0.1) is 0 Å². The van der Waals surface area contributed by atoms with Crippen molar-refractivity contribution >= 4 is 11.6 Å². The van der Waals surface area contributed by atoms with Crippen molar-refractivity contribution < 1.29 is 4.79 Å². The third kappa shape index (κ3) is 5.16. The topological polar surface area (TPSA) is 32.7 Å². The van der Waals surface area contributed by atoms with Crippen LogP contribution in [0.1, 0.15) is 47.1 Å². The average Bonchev–Trinajstić information content (AvgIpc) is 2.33. The maximum Gasteiger partial charge on any atom is 0.194 e. The number of benzene rings is 1. The van der Waals surface area contributed by atoms with Crippen LogP contribution in [0.2, 0.25) is 0 Å². The normalized spacial score (nSPS) is 12.7. The molecule has 0 aliphatic carbocycles. The molecule has 0 N–H and O–H groups in total. The second-order valence-corrected chi connectivity index (χ2v) is 6.37. The number of ketones is 1. The molecule has 3 nitrogen and oxygen atoms in total. The first kappa shape index (κ1) is 16.4. The first-order valence-corrected chi connectivity index (χ1v) is 7.12. The standard InChI is InChI=1S/C17H26N2O/c1-13(2)19(12-15-10-8-7-9-11-15)16(14(3)20)18-17(4,5)6/h7-11,13H,12H2,1-6H3/b18-16-. The molecule has 0 aromatic heterocycles. The van der Waals surface area contributed by atoms with Crippen LogP contribution >= 0.6 is 0 Å². The molecule has 0 amide bonds. The molecule has 0 saturated heterocycles. The second kappa shape index (κ2) is 6.69. The number of amidine groups is 1. The summed E-state index contributed by atoms with van der Waals surface area (Å²) in [6, 6.07) is 10.4. The van der Waals surface area contributed by atoms with Crippen molar-refractivity contribution in [2.75, 3.05) is 0 Å². The SMILES string of the molecule is CC(=O)/C(=N/C(C)(C)C)N(Cc1ccccc1)C(C)C. The van der Waals surface area contributed by atoms with E-state index in [9.17, 15) is 4.79 Å². The maximum absolute atomic E-state index is 12.0. The Morgan fingerprint density at radius 1 is 1.20 bits per heavy atom. The van der Waals surface area contributed by atoms with Gasteiger partial charge in [-0.25, -0.2) is 0 Å². The molecule has 3 heteroatoms. The van der Waals surface area contributed by atoms with Gasteiger partial charge in [0.1, 0.15) is 0 Å². The fourth-order valence-corrected chi connectivity index (χ4v) is 1.95. The van der Waals surface area contributed by atoms with Crippen molar-refractivity contribution in [3.63, 3.8) is 0 Å². The Labute approximate surface area is 122 Å². The Balaban J connectivity index is 3.10. The number of Topliss-reactive ketones (excluding diaryl/α,β-unsaturated/α-hetero) is 1. The summed E-state index contributed by atoms with van der Waals surface area (Å²) < 4.78 is 0. The Hall–Kier alpha value is -1.64. The van der Waals surface area contributed by atoms with Crippen molar-refractivity contribution in [3.05, 3.63) is 35.9 Å². The summed E-state index contributed by atoms with van der Waals surface area (Å²) in [5.41, 5.74) is 0.925. The van der Waals surface area contributed by atoms with Crippen LogP contribution in [0.15, 0.2) is 35.3 Å². The van der Waals surface area contributed by atoms with Crippen molar-refractivity contribution in [2.24, 2.45) is 4.99 Å². The lowest BCUT2D eigenvalue weighted by Crippen LogP contribution is -2.41. The zero-order valence-electron chi connectivity index (χ0n) is 13.5. The first-order chi connectivity index (χ1) is 9.20. The number of hydrogen-bond donors (Lipinski definition) is 0. The maximum atomic E-state index is 12.0. The Kier molecular flexibility index (Phi) is 5.49. The van der Waals surface area contributed by atoms with Gasteiger partial charge in [-0.05, 0) is 40.2 Å². The van der Waals surface area contributed by atoms with Crippen LogP contribution in [-0.2, 0) is 11.3 Å². The molecule has 0 saturated carbocycles. The second-order valence-electron chi connectivity index (χ2n) is 6.37. The molecule has 0 radical (unpaired) electrons. The van der Waals surface area contributed by atoms with E-state index in [-0.39, 0.29) is 17.4 Å². The molecule has 0 aliphatic heterocycles. The highest BCUT2D eigenvalue weighted by Crippen LogP contribution is 2.14. The third-order valence-corrected chi connectivity index (χ3v) is 2.85. The van der Waals surface area contributed by atoms with E-state index in [2.05, 4.69) is 35.9 Å². The molecule has 20 heavy (non-hydrogen) atoms. The summed E-state index contributed by atoms with van der Waals surface area (Å²) >= 11 is 0. The molecule has 1 aromatic rings. The summed E-state index contributed by atoms with van der Waals surface area (Å²) in [5, 5.41) is 0. The Bertz CT molecular complexity index is 470. The average molecular weight is 274 g/mol. The van der Waals surface area contributed by atoms with E-state index >= 15 is 0 Å². The van der Waals surface area contributed by atoms with E-state index in [0.29, 0.717) is 12.4 Å². The molecule has 1 rings (SSSR count). The zero-order valence-corrected chi connectivity index (χ0v) is 13.5. The summed E-state index contributed by atoms with van der Waals surface area (Å²) in [7, 11) is 0. The van der Waals surface area contributed by atoms with Gasteiger partial charge < -0.3 is 4.90 Å². The summed E-state index contributed by atoms with van der Waals surface area (Å²) in [5.74, 6) is 0.584. The van der Waals surface area contributed by atoms with Crippen molar-refractivity contribution in [3.8, 4) is 0 Å². The molecule has 0 atom stereocenters. The number of carbonyl (C=O) groups is 1. The molecule has 110 valence electrons. The lowest BCUT2D eigenvalue weighted by Gasteiger charge is -2.31. The van der Waals surface area contributed by atoms with Crippen LogP contribution in [0.5, 0.6) is 0 Å². The van der Waals surface area contributed by atoms with Gasteiger partial charge in [0.2, 0.25) is 0 Å². The van der Waals surface area contributed by atoms with Gasteiger partial charge in [0.05, 0.1) is 5.54 Å². The van der Waals surface area contributed by atoms with Gasteiger partial charge in [-0.2, -0.15) is 0 Å². The number of carbonyl (C=O) groups excluding carboxylic acids is 1. The lowest BCUT2D eigenvalue weighted by atomic mass is 10.1. The van der Waals surface area contributed by atoms with E-state index in [0.717, 1.165) is 0 Å². The van der Waals surface area contributed by atoms with Gasteiger partial charge in [0.25, 0.3) is 0 Å². The van der Waals surface area contributed by atoms with E-state index < -0.39 is 0 Å². The van der Waals surface area contributed by atoms with Gasteiger partial charge in [-0.3, -0.25) is 9.79 Å². The highest BCUT2D eigenvalue weighted by Gasteiger charge is 2.22. The lowest BCUT2D eigenvalue weighted by molar-refractivity contribution is -0.111. The molecule has 0 fully saturated rings. The Morgan fingerprint density at radius 3 is 2.15 bits per heavy atom. The van der Waals surface area contributed by atoms with Gasteiger partial charge in [-0.1, -0.05) is 30.3 Å². The molecule has 1 aromatic carbocycles. The third-order valence-electron chi connectivity index (χ3n) is 2.85. The van der Waals surface area contributed by atoms with Crippen LogP contribution < -0.4 is 0 Å². The summed E-state index contributed by atoms with van der Waals surface area (Å²) in [6.07, 6.45) is 0. The monoisotopic (exact) mass is 274 g/mol. The highest BCUT2D eigenvalue weighted by molar-refractivity contribution is 6.37. The van der Waals surface area contributed by atoms with Gasteiger partial charge >= 0.3 is 0 Å². The Morgan fingerprint density at radius 2 is 1.75 bits per heavy atom. The zero-order chi connectivity index (χ0) is 15.3. The molecule has 0 spiro atoms. The molecular weight excluding hydrogens is 248 g/mol. The number of aliphatic imine (C=N–C) groups is 1. The fraction of sp³-hybridized carbons (Fsp3) is 0.529. The number of nitrogens with zero attached hydrogens (tertiary/aromatic N) is 2. The molecule has 0 bridgehead atoms. The van der Waals surface area contributed by atoms with Crippen LogP contribution in [0.4, 0.5) is 0 Å². The van der Waals surface area contributed by atoms with Gasteiger partial charge in [0.15, 0.2) is 11.6 Å². The quantitative estimate of drug-likeness (QED) is 0.619. The minimum absolute atomic E-state index is 0.0181. The predicted molar refractivity (Wildman–Crippen MR) is 85.0 cm³/mol. The van der Waals surface area contributed by atoms with E-state index in [4.69, 9.17) is 0 Å². The fourth-order valence-electron chi connectivity index (χ4n) is 1.95. The van der Waals surface area contributed by atoms with Crippen molar-refractivity contribution in [1.29, 1.82) is 0 Å². The summed E-state index contributed by atoms with van der Waals surface area (Å²) in [6.45, 7) is 12.5. The highest BCUT2D eigenvalue weighted by atomic mass is 16.1. The van der Waals surface area contributed by atoms with Crippen molar-refractivity contribution in [1.82, 2.24) is 4.90 Å². The summed E-state index contributed by atoms with van der Waals surface area (Å²) in [4.78, 5) is 18.7. The number of hydrogen-bond acceptors (Lipinski definition) is 2. The largest absolute Gasteiger partial charge is 0.347 e. The van der Waals surface area contributed by atoms with Crippen molar-refractivity contribution in [2.45, 2.75) is 59.7 Å². The molecule has 0 heterocycles.